The van der Waals surface area contributed by atoms with Gasteiger partial charge in [-0.15, -0.1) is 11.3 Å². The molecule has 1 saturated heterocycles. The van der Waals surface area contributed by atoms with E-state index in [1.54, 1.807) is 28.0 Å². The maximum atomic E-state index is 13.1. The Labute approximate surface area is 166 Å². The molecule has 3 heterocycles. The Kier molecular flexibility index (Phi) is 4.30. The maximum Gasteiger partial charge on any atom is 0.243 e. The van der Waals surface area contributed by atoms with Crippen molar-refractivity contribution in [1.82, 2.24) is 18.8 Å². The van der Waals surface area contributed by atoms with Crippen molar-refractivity contribution in [2.45, 2.75) is 28.1 Å². The number of nitrogens with zero attached hydrogens (tertiary/aromatic N) is 4. The summed E-state index contributed by atoms with van der Waals surface area (Å²) in [5.41, 5.74) is 2.60. The number of hydrogen-bond donors (Lipinski definition) is 0. The Morgan fingerprint density at radius 3 is 2.67 bits per heavy atom. The first-order valence-electron chi connectivity index (χ1n) is 8.98. The lowest BCUT2D eigenvalue weighted by Gasteiger charge is -2.19. The van der Waals surface area contributed by atoms with Gasteiger partial charge in [-0.05, 0) is 42.9 Å². The van der Waals surface area contributed by atoms with E-state index >= 15 is 0 Å². The molecule has 0 bridgehead atoms. The molecule has 1 aliphatic carbocycles. The quantitative estimate of drug-likeness (QED) is 0.648. The molecule has 3 atom stereocenters. The number of thioether (sulfide) groups is 1. The van der Waals surface area contributed by atoms with E-state index in [1.165, 1.54) is 11.3 Å². The monoisotopic (exact) mass is 420 g/mol. The van der Waals surface area contributed by atoms with Gasteiger partial charge in [0.15, 0.2) is 5.16 Å². The third-order valence-corrected chi connectivity index (χ3v) is 9.61. The lowest BCUT2D eigenvalue weighted by molar-refractivity contribution is 0.447. The van der Waals surface area contributed by atoms with Gasteiger partial charge in [0.1, 0.15) is 0 Å². The molecule has 5 rings (SSSR count). The number of imidazole rings is 1. The van der Waals surface area contributed by atoms with Crippen LogP contribution < -0.4 is 0 Å². The third kappa shape index (κ3) is 3.10. The van der Waals surface area contributed by atoms with Gasteiger partial charge in [0.2, 0.25) is 10.0 Å². The molecule has 2 aliphatic rings. The standard InChI is InChI=1S/C18H20N4O2S3/c1-21-5-4-19-18(21)26-14-6-12-9-22(10-13(12)7-14)27(23,24)15-2-3-16-17(8-15)25-11-20-16/h2-5,8,11-14H,6-7,9-10H2,1H3/t12-,13+,14+. The summed E-state index contributed by atoms with van der Waals surface area (Å²) in [6, 6.07) is 5.25. The van der Waals surface area contributed by atoms with Crippen LogP contribution in [-0.2, 0) is 17.1 Å². The fourth-order valence-electron chi connectivity index (χ4n) is 4.25. The van der Waals surface area contributed by atoms with Crippen molar-refractivity contribution in [3.63, 3.8) is 0 Å². The highest BCUT2D eigenvalue weighted by atomic mass is 32.2. The Morgan fingerprint density at radius 2 is 1.96 bits per heavy atom. The highest BCUT2D eigenvalue weighted by molar-refractivity contribution is 7.99. The van der Waals surface area contributed by atoms with Crippen LogP contribution in [0.3, 0.4) is 0 Å². The molecule has 142 valence electrons. The van der Waals surface area contributed by atoms with E-state index in [4.69, 9.17) is 0 Å². The lowest BCUT2D eigenvalue weighted by atomic mass is 10.0. The van der Waals surface area contributed by atoms with Gasteiger partial charge in [0.05, 0.1) is 20.6 Å². The lowest BCUT2D eigenvalue weighted by Crippen LogP contribution is -2.30. The first-order chi connectivity index (χ1) is 13.0. The van der Waals surface area contributed by atoms with Gasteiger partial charge in [-0.3, -0.25) is 0 Å². The minimum Gasteiger partial charge on any atom is -0.329 e. The summed E-state index contributed by atoms with van der Waals surface area (Å²) in [6.45, 7) is 1.26. The van der Waals surface area contributed by atoms with Gasteiger partial charge in [-0.1, -0.05) is 11.8 Å². The molecule has 6 nitrogen and oxygen atoms in total. The van der Waals surface area contributed by atoms with Crippen LogP contribution in [0.2, 0.25) is 0 Å². The van der Waals surface area contributed by atoms with Crippen molar-refractivity contribution in [2.24, 2.45) is 18.9 Å². The molecule has 1 aromatic carbocycles. The second-order valence-electron chi connectivity index (χ2n) is 7.36. The van der Waals surface area contributed by atoms with E-state index in [-0.39, 0.29) is 0 Å². The van der Waals surface area contributed by atoms with E-state index in [9.17, 15) is 8.42 Å². The fourth-order valence-corrected chi connectivity index (χ4v) is 7.96. The Hall–Kier alpha value is -1.42. The number of sulfonamides is 1. The van der Waals surface area contributed by atoms with Gasteiger partial charge >= 0.3 is 0 Å². The molecule has 0 amide bonds. The molecule has 2 aromatic heterocycles. The van der Waals surface area contributed by atoms with Crippen molar-refractivity contribution >= 4 is 43.3 Å². The van der Waals surface area contributed by atoms with E-state index in [0.717, 1.165) is 28.2 Å². The van der Waals surface area contributed by atoms with Gasteiger partial charge < -0.3 is 4.57 Å². The first-order valence-corrected chi connectivity index (χ1v) is 12.2. The summed E-state index contributed by atoms with van der Waals surface area (Å²) < 4.78 is 30.9. The van der Waals surface area contributed by atoms with Crippen LogP contribution in [0.4, 0.5) is 0 Å². The molecule has 0 radical (unpaired) electrons. The molecule has 1 saturated carbocycles. The average Bonchev–Trinajstić information content (AvgIpc) is 3.39. The molecule has 0 unspecified atom stereocenters. The molecule has 1 aliphatic heterocycles. The number of fused-ring (bicyclic) bond motifs is 2. The summed E-state index contributed by atoms with van der Waals surface area (Å²) in [5, 5.41) is 1.57. The van der Waals surface area contributed by atoms with Crippen molar-refractivity contribution < 1.29 is 8.42 Å². The van der Waals surface area contributed by atoms with Crippen molar-refractivity contribution in [1.29, 1.82) is 0 Å². The summed E-state index contributed by atoms with van der Waals surface area (Å²) in [4.78, 5) is 9.02. The van der Waals surface area contributed by atoms with E-state index in [0.29, 0.717) is 35.1 Å². The molecule has 2 fully saturated rings. The van der Waals surface area contributed by atoms with Crippen LogP contribution in [-0.4, -0.2) is 45.6 Å². The highest BCUT2D eigenvalue weighted by Gasteiger charge is 2.45. The average molecular weight is 421 g/mol. The first kappa shape index (κ1) is 17.7. The minimum absolute atomic E-state index is 0.387. The van der Waals surface area contributed by atoms with Crippen molar-refractivity contribution in [3.8, 4) is 0 Å². The Bertz CT molecular complexity index is 1080. The zero-order valence-electron chi connectivity index (χ0n) is 14.9. The van der Waals surface area contributed by atoms with Crippen LogP contribution in [0.1, 0.15) is 12.8 Å². The zero-order chi connectivity index (χ0) is 18.6. The number of hydrogen-bond acceptors (Lipinski definition) is 6. The van der Waals surface area contributed by atoms with Crippen LogP contribution in [0.5, 0.6) is 0 Å². The van der Waals surface area contributed by atoms with Crippen LogP contribution in [0, 0.1) is 11.8 Å². The van der Waals surface area contributed by atoms with Crippen LogP contribution in [0.25, 0.3) is 10.2 Å². The summed E-state index contributed by atoms with van der Waals surface area (Å²) >= 11 is 3.30. The smallest absolute Gasteiger partial charge is 0.243 e. The predicted molar refractivity (Wildman–Crippen MR) is 107 cm³/mol. The van der Waals surface area contributed by atoms with Crippen molar-refractivity contribution in [2.75, 3.05) is 13.1 Å². The van der Waals surface area contributed by atoms with Crippen LogP contribution in [0.15, 0.2) is 46.2 Å². The van der Waals surface area contributed by atoms with Gasteiger partial charge in [0.25, 0.3) is 0 Å². The third-order valence-electron chi connectivity index (χ3n) is 5.66. The normalized spacial score (nSPS) is 26.0. The maximum absolute atomic E-state index is 13.1. The van der Waals surface area contributed by atoms with E-state index < -0.39 is 10.0 Å². The number of aromatic nitrogens is 3. The fraction of sp³-hybridized carbons (Fsp3) is 0.444. The number of aryl methyl sites for hydroxylation is 1. The SMILES string of the molecule is Cn1ccnc1S[C@H]1C[C@@H]2CN(S(=O)(=O)c3ccc4ncsc4c3)C[C@@H]2C1. The second kappa shape index (κ2) is 6.58. The zero-order valence-corrected chi connectivity index (χ0v) is 17.3. The number of thiazole rings is 1. The predicted octanol–water partition coefficient (Wildman–Crippen LogP) is 3.22. The second-order valence-corrected chi connectivity index (χ2v) is 11.4. The topological polar surface area (TPSA) is 68.1 Å². The largest absolute Gasteiger partial charge is 0.329 e. The summed E-state index contributed by atoms with van der Waals surface area (Å²) in [5.74, 6) is 0.898. The Balaban J connectivity index is 1.29. The summed E-state index contributed by atoms with van der Waals surface area (Å²) in [7, 11) is -1.42. The molecule has 9 heteroatoms. The van der Waals surface area contributed by atoms with Gasteiger partial charge in [-0.25, -0.2) is 18.4 Å². The molecular weight excluding hydrogens is 400 g/mol. The van der Waals surface area contributed by atoms with Gasteiger partial charge in [0, 0.05) is 37.8 Å². The minimum atomic E-state index is -3.44. The van der Waals surface area contributed by atoms with E-state index in [1.807, 2.05) is 35.8 Å². The number of rotatable bonds is 4. The Morgan fingerprint density at radius 1 is 1.19 bits per heavy atom. The van der Waals surface area contributed by atoms with Crippen molar-refractivity contribution in [3.05, 3.63) is 36.1 Å². The summed E-state index contributed by atoms with van der Waals surface area (Å²) in [6.07, 6.45) is 5.91. The molecule has 0 N–H and O–H groups in total. The molecule has 27 heavy (non-hydrogen) atoms. The highest BCUT2D eigenvalue weighted by Crippen LogP contribution is 2.45. The van der Waals surface area contributed by atoms with Gasteiger partial charge in [-0.2, -0.15) is 4.31 Å². The van der Waals surface area contributed by atoms with E-state index in [2.05, 4.69) is 9.97 Å². The molecule has 0 spiro atoms. The molecular formula is C18H20N4O2S3. The molecule has 3 aromatic rings. The number of benzene rings is 1. The van der Waals surface area contributed by atoms with Crippen LogP contribution >= 0.6 is 23.1 Å².